The quantitative estimate of drug-likeness (QED) is 0.947. The number of hydrogen-bond acceptors (Lipinski definition) is 3. The number of nitrogens with zero attached hydrogens (tertiary/aromatic N) is 1. The van der Waals surface area contributed by atoms with Gasteiger partial charge in [0.1, 0.15) is 6.26 Å². The van der Waals surface area contributed by atoms with E-state index < -0.39 is 0 Å². The van der Waals surface area contributed by atoms with E-state index in [0.29, 0.717) is 18.7 Å². The molecule has 22 heavy (non-hydrogen) atoms. The zero-order valence-electron chi connectivity index (χ0n) is 12.2. The zero-order chi connectivity index (χ0) is 15.4. The van der Waals surface area contributed by atoms with Gasteiger partial charge in [-0.3, -0.25) is 9.59 Å². The number of nitrogens with one attached hydrogen (secondary N) is 1. The normalized spacial score (nSPS) is 18.0. The maximum atomic E-state index is 12.4. The molecule has 0 radical (unpaired) electrons. The molecule has 3 rings (SSSR count). The second-order valence-electron chi connectivity index (χ2n) is 5.46. The minimum atomic E-state index is -0.176. The summed E-state index contributed by atoms with van der Waals surface area (Å²) < 4.78 is 4.95. The Hall–Kier alpha value is -2.56. The van der Waals surface area contributed by atoms with Crippen LogP contribution >= 0.6 is 0 Å². The predicted octanol–water partition coefficient (Wildman–Crippen LogP) is 2.77. The largest absolute Gasteiger partial charge is 0.472 e. The first kappa shape index (κ1) is 14.4. The van der Waals surface area contributed by atoms with Crippen molar-refractivity contribution >= 4 is 17.5 Å². The summed E-state index contributed by atoms with van der Waals surface area (Å²) in [6.07, 6.45) is 4.55. The van der Waals surface area contributed by atoms with Crippen LogP contribution in [0.2, 0.25) is 0 Å². The molecule has 1 fully saturated rings. The van der Waals surface area contributed by atoms with Gasteiger partial charge in [0.15, 0.2) is 0 Å². The number of furan rings is 1. The number of hydrogen-bond donors (Lipinski definition) is 1. The molecule has 0 spiro atoms. The summed E-state index contributed by atoms with van der Waals surface area (Å²) in [6, 6.07) is 11.0. The molecule has 114 valence electrons. The van der Waals surface area contributed by atoms with Crippen LogP contribution in [0.15, 0.2) is 53.3 Å². The molecule has 1 atom stereocenters. The van der Waals surface area contributed by atoms with E-state index in [1.165, 1.54) is 12.5 Å². The number of carbonyl (C=O) groups excluding carboxylic acids is 2. The van der Waals surface area contributed by atoms with Crippen molar-refractivity contribution in [3.63, 3.8) is 0 Å². The number of benzene rings is 1. The molecular formula is C17H18N2O3. The van der Waals surface area contributed by atoms with Crippen LogP contribution in [0.5, 0.6) is 0 Å². The Labute approximate surface area is 128 Å². The summed E-state index contributed by atoms with van der Waals surface area (Å²) in [4.78, 5) is 26.4. The lowest BCUT2D eigenvalue weighted by atomic mass is 9.96. The molecule has 0 saturated carbocycles. The summed E-state index contributed by atoms with van der Waals surface area (Å²) in [5.74, 6) is -0.285. The standard InChI is InChI=1S/C17H18N2O3/c20-16(18-15-6-2-1-3-7-15)13-5-4-9-19(11-13)17(21)14-8-10-22-12-14/h1-3,6-8,10,12-13H,4-5,9,11H2,(H,18,20)/t13-/m1/s1. The van der Waals surface area contributed by atoms with Gasteiger partial charge in [-0.2, -0.15) is 0 Å². The molecule has 2 heterocycles. The van der Waals surface area contributed by atoms with E-state index in [0.717, 1.165) is 18.5 Å². The fraction of sp³-hybridized carbons (Fsp3) is 0.294. The van der Waals surface area contributed by atoms with Crippen LogP contribution in [0.3, 0.4) is 0 Å². The molecule has 0 unspecified atom stereocenters. The lowest BCUT2D eigenvalue weighted by Crippen LogP contribution is -2.43. The van der Waals surface area contributed by atoms with Crippen molar-refractivity contribution in [3.8, 4) is 0 Å². The Bertz CT molecular complexity index is 637. The molecular weight excluding hydrogens is 280 g/mol. The highest BCUT2D eigenvalue weighted by atomic mass is 16.3. The summed E-state index contributed by atoms with van der Waals surface area (Å²) in [5, 5.41) is 2.91. The van der Waals surface area contributed by atoms with Crippen LogP contribution in [0.4, 0.5) is 5.69 Å². The van der Waals surface area contributed by atoms with Gasteiger partial charge in [0, 0.05) is 18.8 Å². The van der Waals surface area contributed by atoms with Crippen molar-refractivity contribution in [2.24, 2.45) is 5.92 Å². The molecule has 1 aliphatic rings. The maximum Gasteiger partial charge on any atom is 0.257 e. The van der Waals surface area contributed by atoms with E-state index in [4.69, 9.17) is 4.42 Å². The summed E-state index contributed by atoms with van der Waals surface area (Å²) >= 11 is 0. The van der Waals surface area contributed by atoms with Gasteiger partial charge in [0.05, 0.1) is 17.7 Å². The van der Waals surface area contributed by atoms with Crippen LogP contribution in [0.25, 0.3) is 0 Å². The molecule has 5 nitrogen and oxygen atoms in total. The van der Waals surface area contributed by atoms with E-state index in [-0.39, 0.29) is 17.7 Å². The summed E-state index contributed by atoms with van der Waals surface area (Å²) in [7, 11) is 0. The van der Waals surface area contributed by atoms with Gasteiger partial charge in [0.25, 0.3) is 5.91 Å². The number of likely N-dealkylation sites (tertiary alicyclic amines) is 1. The molecule has 2 amide bonds. The number of anilines is 1. The molecule has 1 aliphatic heterocycles. The van der Waals surface area contributed by atoms with Crippen molar-refractivity contribution in [1.82, 2.24) is 4.90 Å². The third-order valence-corrected chi connectivity index (χ3v) is 3.89. The van der Waals surface area contributed by atoms with Crippen LogP contribution < -0.4 is 5.32 Å². The Morgan fingerprint density at radius 3 is 2.73 bits per heavy atom. The van der Waals surface area contributed by atoms with Gasteiger partial charge in [-0.1, -0.05) is 18.2 Å². The SMILES string of the molecule is O=C(Nc1ccccc1)[C@@H]1CCCN(C(=O)c2ccoc2)C1. The minimum Gasteiger partial charge on any atom is -0.472 e. The Balaban J connectivity index is 1.63. The minimum absolute atomic E-state index is 0.0316. The molecule has 5 heteroatoms. The topological polar surface area (TPSA) is 62.6 Å². The van der Waals surface area contributed by atoms with Crippen LogP contribution in [0, 0.1) is 5.92 Å². The smallest absolute Gasteiger partial charge is 0.257 e. The molecule has 2 aromatic rings. The number of rotatable bonds is 3. The third kappa shape index (κ3) is 3.19. The first-order chi connectivity index (χ1) is 10.7. The van der Waals surface area contributed by atoms with Gasteiger partial charge >= 0.3 is 0 Å². The average molecular weight is 298 g/mol. The second-order valence-corrected chi connectivity index (χ2v) is 5.46. The van der Waals surface area contributed by atoms with Crippen LogP contribution in [0.1, 0.15) is 23.2 Å². The molecule has 1 saturated heterocycles. The van der Waals surface area contributed by atoms with E-state index in [9.17, 15) is 9.59 Å². The van der Waals surface area contributed by atoms with E-state index in [1.54, 1.807) is 11.0 Å². The van der Waals surface area contributed by atoms with E-state index >= 15 is 0 Å². The van der Waals surface area contributed by atoms with Gasteiger partial charge in [-0.15, -0.1) is 0 Å². The zero-order valence-corrected chi connectivity index (χ0v) is 12.2. The lowest BCUT2D eigenvalue weighted by Gasteiger charge is -2.31. The Morgan fingerprint density at radius 1 is 1.18 bits per heavy atom. The van der Waals surface area contributed by atoms with Crippen LogP contribution in [-0.2, 0) is 4.79 Å². The highest BCUT2D eigenvalue weighted by Gasteiger charge is 2.29. The highest BCUT2D eigenvalue weighted by molar-refractivity contribution is 5.96. The highest BCUT2D eigenvalue weighted by Crippen LogP contribution is 2.20. The van der Waals surface area contributed by atoms with E-state index in [2.05, 4.69) is 5.32 Å². The van der Waals surface area contributed by atoms with Gasteiger partial charge in [-0.05, 0) is 31.0 Å². The maximum absolute atomic E-state index is 12.4. The predicted molar refractivity (Wildman–Crippen MR) is 82.4 cm³/mol. The van der Waals surface area contributed by atoms with Crippen molar-refractivity contribution < 1.29 is 14.0 Å². The summed E-state index contributed by atoms with van der Waals surface area (Å²) in [6.45, 7) is 1.13. The van der Waals surface area contributed by atoms with Gasteiger partial charge < -0.3 is 14.6 Å². The Kier molecular flexibility index (Phi) is 4.23. The van der Waals surface area contributed by atoms with Crippen molar-refractivity contribution in [3.05, 3.63) is 54.5 Å². The first-order valence-electron chi connectivity index (χ1n) is 7.41. The number of amides is 2. The van der Waals surface area contributed by atoms with Crippen molar-refractivity contribution in [1.29, 1.82) is 0 Å². The molecule has 1 aromatic carbocycles. The molecule has 0 bridgehead atoms. The lowest BCUT2D eigenvalue weighted by molar-refractivity contribution is -0.121. The summed E-state index contributed by atoms with van der Waals surface area (Å²) in [5.41, 5.74) is 1.31. The van der Waals surface area contributed by atoms with Crippen LogP contribution in [-0.4, -0.2) is 29.8 Å². The first-order valence-corrected chi connectivity index (χ1v) is 7.41. The number of para-hydroxylation sites is 1. The van der Waals surface area contributed by atoms with E-state index in [1.807, 2.05) is 30.3 Å². The number of piperidine rings is 1. The third-order valence-electron chi connectivity index (χ3n) is 3.89. The monoisotopic (exact) mass is 298 g/mol. The van der Waals surface area contributed by atoms with Crippen molar-refractivity contribution in [2.45, 2.75) is 12.8 Å². The molecule has 1 aromatic heterocycles. The Morgan fingerprint density at radius 2 is 2.00 bits per heavy atom. The van der Waals surface area contributed by atoms with Gasteiger partial charge in [0.2, 0.25) is 5.91 Å². The fourth-order valence-corrected chi connectivity index (χ4v) is 2.71. The van der Waals surface area contributed by atoms with Gasteiger partial charge in [-0.25, -0.2) is 0 Å². The number of carbonyl (C=O) groups is 2. The fourth-order valence-electron chi connectivity index (χ4n) is 2.71. The van der Waals surface area contributed by atoms with Crippen molar-refractivity contribution in [2.75, 3.05) is 18.4 Å². The second kappa shape index (κ2) is 6.47. The average Bonchev–Trinajstić information content (AvgIpc) is 3.09. The molecule has 0 aliphatic carbocycles. The molecule has 1 N–H and O–H groups in total.